The van der Waals surface area contributed by atoms with E-state index in [1.807, 2.05) is 0 Å². The minimum Gasteiger partial charge on any atom is -0.466 e. The summed E-state index contributed by atoms with van der Waals surface area (Å²) in [6.07, 6.45) is -0.627. The van der Waals surface area contributed by atoms with E-state index < -0.39 is 11.7 Å². The van der Waals surface area contributed by atoms with Gasteiger partial charge in [-0.25, -0.2) is 4.79 Å². The van der Waals surface area contributed by atoms with Crippen LogP contribution >= 0.6 is 0 Å². The summed E-state index contributed by atoms with van der Waals surface area (Å²) in [6, 6.07) is 6.33. The maximum Gasteiger partial charge on any atom is 0.414 e. The zero-order chi connectivity index (χ0) is 24.6. The molecule has 0 aliphatic carbocycles. The summed E-state index contributed by atoms with van der Waals surface area (Å²) in [5, 5.41) is 12.8. The second-order valence-corrected chi connectivity index (χ2v) is 8.37. The molecule has 1 aromatic rings. The standard InChI is InChI=1S/C22H31N5O6/c1-5-32-18(29)10-11-26-12-13-27(14-17(26)28)19(30)15-6-8-16(9-7-15)24-20(23)25-21(31)33-22(2,3)4/h6-9H,5,10-14H2,1-4H3,(H3,23,24,25,31). The molecule has 180 valence electrons. The highest BCUT2D eigenvalue weighted by molar-refractivity contribution is 6.01. The van der Waals surface area contributed by atoms with Gasteiger partial charge in [0.1, 0.15) is 12.1 Å². The lowest BCUT2D eigenvalue weighted by Gasteiger charge is -2.34. The van der Waals surface area contributed by atoms with E-state index in [0.29, 0.717) is 30.9 Å². The van der Waals surface area contributed by atoms with E-state index in [9.17, 15) is 19.2 Å². The number of nitrogens with zero attached hydrogens (tertiary/aromatic N) is 2. The second-order valence-electron chi connectivity index (χ2n) is 8.37. The van der Waals surface area contributed by atoms with Crippen LogP contribution in [0.5, 0.6) is 0 Å². The minimum absolute atomic E-state index is 0.0634. The van der Waals surface area contributed by atoms with Crippen molar-refractivity contribution in [2.75, 3.05) is 38.1 Å². The maximum atomic E-state index is 12.8. The van der Waals surface area contributed by atoms with Crippen LogP contribution in [0.15, 0.2) is 24.3 Å². The number of piperazine rings is 1. The first-order valence-corrected chi connectivity index (χ1v) is 10.7. The van der Waals surface area contributed by atoms with Gasteiger partial charge in [-0.15, -0.1) is 0 Å². The largest absolute Gasteiger partial charge is 0.466 e. The van der Waals surface area contributed by atoms with Crippen molar-refractivity contribution < 1.29 is 28.7 Å². The summed E-state index contributed by atoms with van der Waals surface area (Å²) in [4.78, 5) is 51.3. The van der Waals surface area contributed by atoms with Crippen molar-refractivity contribution in [2.24, 2.45) is 0 Å². The first kappa shape index (κ1) is 25.6. The normalized spacial score (nSPS) is 13.9. The minimum atomic E-state index is -0.752. The lowest BCUT2D eigenvalue weighted by Crippen LogP contribution is -2.52. The van der Waals surface area contributed by atoms with Crippen LogP contribution in [0.25, 0.3) is 0 Å². The molecule has 2 rings (SSSR count). The number of benzene rings is 1. The molecule has 1 saturated heterocycles. The molecule has 3 amide bonds. The number of hydrogen-bond donors (Lipinski definition) is 3. The van der Waals surface area contributed by atoms with Crippen LogP contribution in [0.1, 0.15) is 44.5 Å². The van der Waals surface area contributed by atoms with Gasteiger partial charge >= 0.3 is 12.1 Å². The van der Waals surface area contributed by atoms with E-state index in [0.717, 1.165) is 0 Å². The van der Waals surface area contributed by atoms with Crippen LogP contribution in [0.3, 0.4) is 0 Å². The average molecular weight is 462 g/mol. The summed E-state index contributed by atoms with van der Waals surface area (Å²) in [7, 11) is 0. The van der Waals surface area contributed by atoms with Crippen LogP contribution in [-0.4, -0.2) is 78.0 Å². The molecule has 1 heterocycles. The van der Waals surface area contributed by atoms with Crippen molar-refractivity contribution in [3.63, 3.8) is 0 Å². The van der Waals surface area contributed by atoms with E-state index in [4.69, 9.17) is 14.9 Å². The van der Waals surface area contributed by atoms with Crippen molar-refractivity contribution in [2.45, 2.75) is 39.7 Å². The Balaban J connectivity index is 1.85. The Morgan fingerprint density at radius 2 is 1.79 bits per heavy atom. The van der Waals surface area contributed by atoms with E-state index in [1.165, 1.54) is 4.90 Å². The molecule has 1 aliphatic rings. The zero-order valence-corrected chi connectivity index (χ0v) is 19.4. The number of anilines is 1. The van der Waals surface area contributed by atoms with Crippen molar-refractivity contribution in [1.82, 2.24) is 15.1 Å². The maximum absolute atomic E-state index is 12.8. The molecule has 0 radical (unpaired) electrons. The fourth-order valence-corrected chi connectivity index (χ4v) is 3.04. The Hall–Kier alpha value is -3.63. The van der Waals surface area contributed by atoms with Gasteiger partial charge in [0.05, 0.1) is 13.0 Å². The molecule has 1 fully saturated rings. The monoisotopic (exact) mass is 461 g/mol. The van der Waals surface area contributed by atoms with Gasteiger partial charge in [0.25, 0.3) is 5.91 Å². The molecule has 11 heteroatoms. The number of rotatable bonds is 6. The number of carbonyl (C=O) groups excluding carboxylic acids is 4. The third-order valence-electron chi connectivity index (χ3n) is 4.52. The first-order chi connectivity index (χ1) is 15.5. The number of nitrogens with one attached hydrogen (secondary N) is 3. The fourth-order valence-electron chi connectivity index (χ4n) is 3.04. The zero-order valence-electron chi connectivity index (χ0n) is 19.4. The van der Waals surface area contributed by atoms with E-state index in [-0.39, 0.29) is 43.3 Å². The van der Waals surface area contributed by atoms with Crippen molar-refractivity contribution in [1.29, 1.82) is 5.41 Å². The number of carbonyl (C=O) groups is 4. The van der Waals surface area contributed by atoms with Crippen molar-refractivity contribution in [3.8, 4) is 0 Å². The average Bonchev–Trinajstić information content (AvgIpc) is 2.71. The number of alkyl carbamates (subject to hydrolysis) is 1. The molecule has 3 N–H and O–H groups in total. The Morgan fingerprint density at radius 3 is 2.36 bits per heavy atom. The molecular weight excluding hydrogens is 430 g/mol. The number of esters is 1. The fraction of sp³-hybridized carbons (Fsp3) is 0.500. The third kappa shape index (κ3) is 8.43. The van der Waals surface area contributed by atoms with Crippen LogP contribution < -0.4 is 10.6 Å². The molecule has 0 saturated carbocycles. The van der Waals surface area contributed by atoms with Crippen LogP contribution in [0.2, 0.25) is 0 Å². The van der Waals surface area contributed by atoms with Crippen LogP contribution in [0, 0.1) is 5.41 Å². The topological polar surface area (TPSA) is 141 Å². The molecular formula is C22H31N5O6. The van der Waals surface area contributed by atoms with Gasteiger partial charge in [-0.05, 0) is 52.0 Å². The quantitative estimate of drug-likeness (QED) is 0.333. The Kier molecular flexibility index (Phi) is 8.78. The van der Waals surface area contributed by atoms with Crippen LogP contribution in [0.4, 0.5) is 10.5 Å². The van der Waals surface area contributed by atoms with Gasteiger partial charge in [0.15, 0.2) is 0 Å². The van der Waals surface area contributed by atoms with Crippen molar-refractivity contribution >= 4 is 35.5 Å². The number of hydrogen-bond acceptors (Lipinski definition) is 7. The van der Waals surface area contributed by atoms with E-state index in [2.05, 4.69) is 10.6 Å². The molecule has 0 unspecified atom stereocenters. The predicted octanol–water partition coefficient (Wildman–Crippen LogP) is 1.80. The molecule has 0 spiro atoms. The molecule has 0 atom stereocenters. The molecule has 1 aromatic carbocycles. The second kappa shape index (κ2) is 11.3. The van der Waals surface area contributed by atoms with Gasteiger partial charge in [-0.3, -0.25) is 25.1 Å². The van der Waals surface area contributed by atoms with Gasteiger partial charge < -0.3 is 24.6 Å². The number of ether oxygens (including phenoxy) is 2. The van der Waals surface area contributed by atoms with Gasteiger partial charge in [-0.1, -0.05) is 0 Å². The molecule has 0 aromatic heterocycles. The Bertz CT molecular complexity index is 894. The highest BCUT2D eigenvalue weighted by atomic mass is 16.6. The number of amides is 3. The molecule has 1 aliphatic heterocycles. The predicted molar refractivity (Wildman–Crippen MR) is 121 cm³/mol. The summed E-state index contributed by atoms with van der Waals surface area (Å²) in [5.41, 5.74) is 0.201. The van der Waals surface area contributed by atoms with Crippen molar-refractivity contribution in [3.05, 3.63) is 29.8 Å². The van der Waals surface area contributed by atoms with Gasteiger partial charge in [0, 0.05) is 30.9 Å². The lowest BCUT2D eigenvalue weighted by atomic mass is 10.1. The SMILES string of the molecule is CCOC(=O)CCN1CCN(C(=O)c2ccc(NC(=N)NC(=O)OC(C)(C)C)cc2)CC1=O. The van der Waals surface area contributed by atoms with Crippen LogP contribution in [-0.2, 0) is 19.1 Å². The highest BCUT2D eigenvalue weighted by Crippen LogP contribution is 2.14. The first-order valence-electron chi connectivity index (χ1n) is 10.7. The van der Waals surface area contributed by atoms with E-state index >= 15 is 0 Å². The van der Waals surface area contributed by atoms with Gasteiger partial charge in [-0.2, -0.15) is 0 Å². The Labute approximate surface area is 192 Å². The van der Waals surface area contributed by atoms with E-state index in [1.54, 1.807) is 56.9 Å². The Morgan fingerprint density at radius 1 is 1.12 bits per heavy atom. The highest BCUT2D eigenvalue weighted by Gasteiger charge is 2.28. The third-order valence-corrected chi connectivity index (χ3v) is 4.52. The summed E-state index contributed by atoms with van der Waals surface area (Å²) < 4.78 is 9.95. The summed E-state index contributed by atoms with van der Waals surface area (Å²) in [6.45, 7) is 8.08. The smallest absolute Gasteiger partial charge is 0.414 e. The summed E-state index contributed by atoms with van der Waals surface area (Å²) >= 11 is 0. The van der Waals surface area contributed by atoms with Gasteiger partial charge in [0.2, 0.25) is 11.9 Å². The summed E-state index contributed by atoms with van der Waals surface area (Å²) in [5.74, 6) is -1.14. The molecule has 11 nitrogen and oxygen atoms in total. The molecule has 33 heavy (non-hydrogen) atoms. The molecule has 0 bridgehead atoms. The lowest BCUT2D eigenvalue weighted by molar-refractivity contribution is -0.144. The number of guanidine groups is 1.